The van der Waals surface area contributed by atoms with Gasteiger partial charge in [-0.15, -0.1) is 0 Å². The van der Waals surface area contributed by atoms with Crippen molar-refractivity contribution in [3.05, 3.63) is 29.8 Å². The number of hydrogen-bond acceptors (Lipinski definition) is 3. The first kappa shape index (κ1) is 13.4. The second-order valence-corrected chi connectivity index (χ2v) is 5.16. The second kappa shape index (κ2) is 6.21. The molecule has 0 aliphatic heterocycles. The molecule has 0 bridgehead atoms. The van der Waals surface area contributed by atoms with E-state index >= 15 is 0 Å². The van der Waals surface area contributed by atoms with E-state index in [1.165, 1.54) is 18.4 Å². The highest BCUT2D eigenvalue weighted by molar-refractivity contribution is 5.30. The number of benzene rings is 1. The Balaban J connectivity index is 1.77. The number of hydrogen-bond donors (Lipinski definition) is 1. The lowest BCUT2D eigenvalue weighted by molar-refractivity contribution is 0.152. The van der Waals surface area contributed by atoms with Crippen molar-refractivity contribution in [2.75, 3.05) is 20.8 Å². The Hall–Kier alpha value is -1.06. The van der Waals surface area contributed by atoms with Crippen LogP contribution in [0, 0.1) is 0 Å². The molecule has 1 N–H and O–H groups in total. The van der Waals surface area contributed by atoms with E-state index in [0.29, 0.717) is 18.0 Å². The summed E-state index contributed by atoms with van der Waals surface area (Å²) in [6.45, 7) is 2.95. The summed E-state index contributed by atoms with van der Waals surface area (Å²) in [7, 11) is 3.45. The molecule has 1 fully saturated rings. The molecule has 0 heterocycles. The lowest BCUT2D eigenvalue weighted by atomic mass is 9.75. The Bertz CT molecular complexity index is 357. The van der Waals surface area contributed by atoms with Crippen LogP contribution < -0.4 is 10.1 Å². The highest BCUT2D eigenvalue weighted by Crippen LogP contribution is 2.37. The van der Waals surface area contributed by atoms with Crippen LogP contribution in [0.1, 0.15) is 31.2 Å². The lowest BCUT2D eigenvalue weighted by Crippen LogP contribution is -2.45. The number of nitrogens with one attached hydrogen (secondary N) is 1. The van der Waals surface area contributed by atoms with Gasteiger partial charge in [0, 0.05) is 19.2 Å². The van der Waals surface area contributed by atoms with Crippen LogP contribution in [-0.2, 0) is 4.74 Å². The first-order valence-corrected chi connectivity index (χ1v) is 6.62. The summed E-state index contributed by atoms with van der Waals surface area (Å²) in [5, 5.41) is 3.59. The quantitative estimate of drug-likeness (QED) is 0.840. The van der Waals surface area contributed by atoms with Crippen LogP contribution >= 0.6 is 0 Å². The lowest BCUT2D eigenvalue weighted by Gasteiger charge is -2.38. The van der Waals surface area contributed by atoms with Gasteiger partial charge >= 0.3 is 0 Å². The molecular formula is C15H23NO2. The Morgan fingerprint density at radius 3 is 2.44 bits per heavy atom. The standard InChI is InChI=1S/C15H23NO2/c1-11(10-17-2)16-14-8-13(9-14)12-4-6-15(18-3)7-5-12/h4-7,11,13-14,16H,8-10H2,1-3H3. The Kier molecular flexibility index (Phi) is 4.61. The SMILES string of the molecule is COCC(C)NC1CC(c2ccc(OC)cc2)C1. The molecule has 0 spiro atoms. The van der Waals surface area contributed by atoms with Crippen molar-refractivity contribution < 1.29 is 9.47 Å². The van der Waals surface area contributed by atoms with E-state index < -0.39 is 0 Å². The molecule has 0 saturated heterocycles. The number of ether oxygens (including phenoxy) is 2. The van der Waals surface area contributed by atoms with Crippen LogP contribution in [0.3, 0.4) is 0 Å². The third kappa shape index (κ3) is 3.24. The third-order valence-electron chi connectivity index (χ3n) is 3.66. The zero-order chi connectivity index (χ0) is 13.0. The fourth-order valence-electron chi connectivity index (χ4n) is 2.60. The maximum Gasteiger partial charge on any atom is 0.118 e. The van der Waals surface area contributed by atoms with Gasteiger partial charge < -0.3 is 14.8 Å². The summed E-state index contributed by atoms with van der Waals surface area (Å²) in [6.07, 6.45) is 2.45. The average molecular weight is 249 g/mol. The Morgan fingerprint density at radius 1 is 1.22 bits per heavy atom. The molecule has 1 aromatic rings. The summed E-state index contributed by atoms with van der Waals surface area (Å²) in [5.74, 6) is 1.63. The van der Waals surface area contributed by atoms with Gasteiger partial charge in [0.15, 0.2) is 0 Å². The van der Waals surface area contributed by atoms with Gasteiger partial charge in [-0.3, -0.25) is 0 Å². The van der Waals surface area contributed by atoms with E-state index in [-0.39, 0.29) is 0 Å². The van der Waals surface area contributed by atoms with Crippen molar-refractivity contribution in [3.63, 3.8) is 0 Å². The van der Waals surface area contributed by atoms with E-state index in [2.05, 4.69) is 24.4 Å². The molecule has 3 heteroatoms. The third-order valence-corrected chi connectivity index (χ3v) is 3.66. The van der Waals surface area contributed by atoms with Gasteiger partial charge in [-0.25, -0.2) is 0 Å². The molecule has 3 nitrogen and oxygen atoms in total. The number of rotatable bonds is 6. The van der Waals surface area contributed by atoms with Gasteiger partial charge in [-0.2, -0.15) is 0 Å². The van der Waals surface area contributed by atoms with Gasteiger partial charge in [0.1, 0.15) is 5.75 Å². The monoisotopic (exact) mass is 249 g/mol. The minimum Gasteiger partial charge on any atom is -0.497 e. The van der Waals surface area contributed by atoms with Gasteiger partial charge in [0.05, 0.1) is 13.7 Å². The van der Waals surface area contributed by atoms with Gasteiger partial charge in [-0.1, -0.05) is 12.1 Å². The fourth-order valence-corrected chi connectivity index (χ4v) is 2.60. The predicted molar refractivity (Wildman–Crippen MR) is 73.2 cm³/mol. The molecular weight excluding hydrogens is 226 g/mol. The molecule has 0 amide bonds. The molecule has 1 aliphatic carbocycles. The van der Waals surface area contributed by atoms with E-state index in [1.54, 1.807) is 14.2 Å². The summed E-state index contributed by atoms with van der Waals surface area (Å²) in [5.41, 5.74) is 1.42. The Morgan fingerprint density at radius 2 is 1.89 bits per heavy atom. The molecule has 1 aliphatic rings. The first-order valence-electron chi connectivity index (χ1n) is 6.62. The minimum absolute atomic E-state index is 0.441. The second-order valence-electron chi connectivity index (χ2n) is 5.16. The van der Waals surface area contributed by atoms with Crippen molar-refractivity contribution >= 4 is 0 Å². The molecule has 1 aromatic carbocycles. The highest BCUT2D eigenvalue weighted by atomic mass is 16.5. The van der Waals surface area contributed by atoms with Crippen molar-refractivity contribution in [3.8, 4) is 5.75 Å². The van der Waals surface area contributed by atoms with E-state index in [4.69, 9.17) is 9.47 Å². The summed E-state index contributed by atoms with van der Waals surface area (Å²) < 4.78 is 10.3. The van der Waals surface area contributed by atoms with Gasteiger partial charge in [0.25, 0.3) is 0 Å². The topological polar surface area (TPSA) is 30.5 Å². The zero-order valence-corrected chi connectivity index (χ0v) is 11.5. The van der Waals surface area contributed by atoms with E-state index in [9.17, 15) is 0 Å². The molecule has 1 atom stereocenters. The van der Waals surface area contributed by atoms with Crippen molar-refractivity contribution in [2.24, 2.45) is 0 Å². The largest absolute Gasteiger partial charge is 0.497 e. The van der Waals surface area contributed by atoms with Crippen molar-refractivity contribution in [1.82, 2.24) is 5.32 Å². The average Bonchev–Trinajstić information content (AvgIpc) is 2.34. The normalized spacial score (nSPS) is 24.4. The summed E-state index contributed by atoms with van der Waals surface area (Å²) >= 11 is 0. The molecule has 1 unspecified atom stereocenters. The van der Waals surface area contributed by atoms with Crippen LogP contribution in [0.25, 0.3) is 0 Å². The Labute approximate surface area is 109 Å². The van der Waals surface area contributed by atoms with Crippen LogP contribution in [0.5, 0.6) is 5.75 Å². The summed E-state index contributed by atoms with van der Waals surface area (Å²) in [4.78, 5) is 0. The molecule has 0 aromatic heterocycles. The molecule has 18 heavy (non-hydrogen) atoms. The van der Waals surface area contributed by atoms with Crippen LogP contribution in [0.4, 0.5) is 0 Å². The van der Waals surface area contributed by atoms with Gasteiger partial charge in [-0.05, 0) is 43.4 Å². The van der Waals surface area contributed by atoms with E-state index in [1.807, 2.05) is 12.1 Å². The van der Waals surface area contributed by atoms with Crippen LogP contribution in [0.15, 0.2) is 24.3 Å². The van der Waals surface area contributed by atoms with E-state index in [0.717, 1.165) is 12.4 Å². The summed E-state index contributed by atoms with van der Waals surface area (Å²) in [6, 6.07) is 9.53. The first-order chi connectivity index (χ1) is 8.72. The van der Waals surface area contributed by atoms with Gasteiger partial charge in [0.2, 0.25) is 0 Å². The fraction of sp³-hybridized carbons (Fsp3) is 0.600. The molecule has 1 saturated carbocycles. The molecule has 0 radical (unpaired) electrons. The maximum absolute atomic E-state index is 5.17. The maximum atomic E-state index is 5.17. The zero-order valence-electron chi connectivity index (χ0n) is 11.5. The number of methoxy groups -OCH3 is 2. The molecule has 100 valence electrons. The predicted octanol–water partition coefficient (Wildman–Crippen LogP) is 2.57. The van der Waals surface area contributed by atoms with Crippen molar-refractivity contribution in [2.45, 2.75) is 37.8 Å². The smallest absolute Gasteiger partial charge is 0.118 e. The van der Waals surface area contributed by atoms with Crippen LogP contribution in [-0.4, -0.2) is 32.9 Å². The van der Waals surface area contributed by atoms with Crippen molar-refractivity contribution in [1.29, 1.82) is 0 Å². The highest BCUT2D eigenvalue weighted by Gasteiger charge is 2.30. The molecule has 2 rings (SSSR count). The minimum atomic E-state index is 0.441. The van der Waals surface area contributed by atoms with Crippen LogP contribution in [0.2, 0.25) is 0 Å².